The average molecular weight is 394 g/mol. The molecular formula is C17H22N4O5S. The predicted octanol–water partition coefficient (Wildman–Crippen LogP) is 1.99. The number of nitrogens with one attached hydrogen (secondary N) is 1. The highest BCUT2D eigenvalue weighted by Crippen LogP contribution is 2.21. The van der Waals surface area contributed by atoms with Crippen molar-refractivity contribution >= 4 is 32.4 Å². The molecule has 2 unspecified atom stereocenters. The number of aromatic nitrogens is 1. The standard InChI is InChI=1S/C17H22N4O5S/c1-12-10-20(11-13(2)26-12)27(24,25)8-7-18-17-6-3-14-9-15(21(22)23)4-5-16(14)19-17/h3-6,9,12-13H,7-8,10-11H2,1-2H3,(H,18,19). The Morgan fingerprint density at radius 1 is 1.26 bits per heavy atom. The molecule has 0 bridgehead atoms. The Bertz CT molecular complexity index is 939. The number of pyridine rings is 1. The van der Waals surface area contributed by atoms with E-state index >= 15 is 0 Å². The minimum absolute atomic E-state index is 0.00469. The molecule has 0 aliphatic carbocycles. The van der Waals surface area contributed by atoms with Crippen molar-refractivity contribution in [3.05, 3.63) is 40.4 Å². The molecule has 0 amide bonds. The Labute approximate surface area is 157 Å². The van der Waals surface area contributed by atoms with E-state index in [9.17, 15) is 18.5 Å². The van der Waals surface area contributed by atoms with Gasteiger partial charge in [0.05, 0.1) is 28.4 Å². The van der Waals surface area contributed by atoms with Crippen molar-refractivity contribution in [3.8, 4) is 0 Å². The van der Waals surface area contributed by atoms with Crippen molar-refractivity contribution in [3.63, 3.8) is 0 Å². The van der Waals surface area contributed by atoms with Crippen molar-refractivity contribution in [2.45, 2.75) is 26.1 Å². The fourth-order valence-electron chi connectivity index (χ4n) is 3.12. The number of benzene rings is 1. The highest BCUT2D eigenvalue weighted by atomic mass is 32.2. The number of non-ortho nitro benzene ring substituents is 1. The van der Waals surface area contributed by atoms with Crippen LogP contribution in [0.5, 0.6) is 0 Å². The highest BCUT2D eigenvalue weighted by Gasteiger charge is 2.30. The van der Waals surface area contributed by atoms with Gasteiger partial charge in [-0.1, -0.05) is 0 Å². The van der Waals surface area contributed by atoms with Crippen LogP contribution in [0.2, 0.25) is 0 Å². The van der Waals surface area contributed by atoms with E-state index in [-0.39, 0.29) is 30.2 Å². The molecule has 1 aromatic heterocycles. The Kier molecular flexibility index (Phi) is 5.59. The van der Waals surface area contributed by atoms with Gasteiger partial charge in [0.1, 0.15) is 5.82 Å². The van der Waals surface area contributed by atoms with E-state index in [0.717, 1.165) is 0 Å². The molecule has 0 saturated carbocycles. The van der Waals surface area contributed by atoms with Gasteiger partial charge in [-0.25, -0.2) is 13.4 Å². The summed E-state index contributed by atoms with van der Waals surface area (Å²) in [5, 5.41) is 14.5. The smallest absolute Gasteiger partial charge is 0.270 e. The number of hydrogen-bond donors (Lipinski definition) is 1. The lowest BCUT2D eigenvalue weighted by Crippen LogP contribution is -2.49. The Hall–Kier alpha value is -2.30. The number of morpholine rings is 1. The van der Waals surface area contributed by atoms with Crippen LogP contribution in [-0.2, 0) is 14.8 Å². The van der Waals surface area contributed by atoms with Gasteiger partial charge in [-0.3, -0.25) is 10.1 Å². The van der Waals surface area contributed by atoms with Crippen LogP contribution < -0.4 is 5.32 Å². The molecule has 1 aromatic carbocycles. The van der Waals surface area contributed by atoms with Gasteiger partial charge < -0.3 is 10.1 Å². The molecule has 1 aliphatic heterocycles. The van der Waals surface area contributed by atoms with Crippen molar-refractivity contribution in [2.75, 3.05) is 30.7 Å². The van der Waals surface area contributed by atoms with Gasteiger partial charge in [0.15, 0.2) is 0 Å². The maximum atomic E-state index is 12.5. The summed E-state index contributed by atoms with van der Waals surface area (Å²) in [6.07, 6.45) is -0.245. The first-order valence-electron chi connectivity index (χ1n) is 8.67. The van der Waals surface area contributed by atoms with Gasteiger partial charge >= 0.3 is 0 Å². The van der Waals surface area contributed by atoms with Crippen molar-refractivity contribution < 1.29 is 18.1 Å². The molecule has 2 atom stereocenters. The molecule has 2 aromatic rings. The number of nitro groups is 1. The van der Waals surface area contributed by atoms with Gasteiger partial charge in [0.25, 0.3) is 5.69 Å². The van der Waals surface area contributed by atoms with Crippen LogP contribution in [0.15, 0.2) is 30.3 Å². The largest absolute Gasteiger partial charge is 0.373 e. The maximum Gasteiger partial charge on any atom is 0.270 e. The van der Waals surface area contributed by atoms with E-state index in [4.69, 9.17) is 4.74 Å². The van der Waals surface area contributed by atoms with Crippen molar-refractivity contribution in [2.24, 2.45) is 0 Å². The zero-order valence-electron chi connectivity index (χ0n) is 15.2. The fourth-order valence-corrected chi connectivity index (χ4v) is 4.61. The summed E-state index contributed by atoms with van der Waals surface area (Å²) in [4.78, 5) is 14.7. The monoisotopic (exact) mass is 394 g/mol. The van der Waals surface area contributed by atoms with Gasteiger partial charge in [0.2, 0.25) is 10.0 Å². The Morgan fingerprint density at radius 3 is 2.63 bits per heavy atom. The summed E-state index contributed by atoms with van der Waals surface area (Å²) in [5.41, 5.74) is 0.606. The lowest BCUT2D eigenvalue weighted by atomic mass is 10.2. The first-order chi connectivity index (χ1) is 12.7. The molecule has 1 N–H and O–H groups in total. The molecule has 27 heavy (non-hydrogen) atoms. The van der Waals surface area contributed by atoms with E-state index in [2.05, 4.69) is 10.3 Å². The second-order valence-electron chi connectivity index (χ2n) is 6.65. The lowest BCUT2D eigenvalue weighted by molar-refractivity contribution is -0.384. The minimum atomic E-state index is -3.39. The summed E-state index contributed by atoms with van der Waals surface area (Å²) in [5.74, 6) is 0.474. The van der Waals surface area contributed by atoms with Crippen molar-refractivity contribution in [1.82, 2.24) is 9.29 Å². The number of nitro benzene ring substituents is 1. The second kappa shape index (κ2) is 7.75. The third kappa shape index (κ3) is 4.71. The lowest BCUT2D eigenvalue weighted by Gasteiger charge is -2.34. The molecule has 9 nitrogen and oxygen atoms in total. The molecule has 2 heterocycles. The molecule has 1 aliphatic rings. The molecule has 3 rings (SSSR count). The minimum Gasteiger partial charge on any atom is -0.373 e. The summed E-state index contributed by atoms with van der Waals surface area (Å²) >= 11 is 0. The van der Waals surface area contributed by atoms with E-state index in [1.54, 1.807) is 18.2 Å². The Morgan fingerprint density at radius 2 is 1.96 bits per heavy atom. The number of fused-ring (bicyclic) bond motifs is 1. The van der Waals surface area contributed by atoms with Crippen LogP contribution in [0, 0.1) is 10.1 Å². The highest BCUT2D eigenvalue weighted by molar-refractivity contribution is 7.89. The molecule has 0 spiro atoms. The van der Waals surface area contributed by atoms with Gasteiger partial charge in [0, 0.05) is 37.2 Å². The van der Waals surface area contributed by atoms with Crippen LogP contribution in [0.4, 0.5) is 11.5 Å². The zero-order valence-corrected chi connectivity index (χ0v) is 16.0. The molecule has 1 saturated heterocycles. The summed E-state index contributed by atoms with van der Waals surface area (Å²) in [6, 6.07) is 7.82. The van der Waals surface area contributed by atoms with Crippen LogP contribution in [-0.4, -0.2) is 60.2 Å². The third-order valence-electron chi connectivity index (χ3n) is 4.33. The maximum absolute atomic E-state index is 12.5. The predicted molar refractivity (Wildman–Crippen MR) is 102 cm³/mol. The van der Waals surface area contributed by atoms with Crippen molar-refractivity contribution in [1.29, 1.82) is 0 Å². The first-order valence-corrected chi connectivity index (χ1v) is 10.3. The quantitative estimate of drug-likeness (QED) is 0.588. The van der Waals surface area contributed by atoms with E-state index in [0.29, 0.717) is 29.8 Å². The van der Waals surface area contributed by atoms with Gasteiger partial charge in [-0.15, -0.1) is 0 Å². The van der Waals surface area contributed by atoms with E-state index < -0.39 is 14.9 Å². The van der Waals surface area contributed by atoms with Gasteiger partial charge in [-0.2, -0.15) is 4.31 Å². The number of ether oxygens (including phenoxy) is 1. The zero-order chi connectivity index (χ0) is 19.6. The van der Waals surface area contributed by atoms with Crippen LogP contribution in [0.1, 0.15) is 13.8 Å². The Balaban J connectivity index is 1.62. The number of nitrogens with zero attached hydrogens (tertiary/aromatic N) is 3. The molecule has 0 radical (unpaired) electrons. The fraction of sp³-hybridized carbons (Fsp3) is 0.471. The summed E-state index contributed by atoms with van der Waals surface area (Å²) in [6.45, 7) is 4.66. The number of sulfonamides is 1. The average Bonchev–Trinajstić information content (AvgIpc) is 2.60. The topological polar surface area (TPSA) is 115 Å². The molecule has 146 valence electrons. The number of anilines is 1. The van der Waals surface area contributed by atoms with Gasteiger partial charge in [-0.05, 0) is 32.0 Å². The first kappa shape index (κ1) is 19.5. The van der Waals surface area contributed by atoms with Crippen LogP contribution in [0.25, 0.3) is 10.9 Å². The van der Waals surface area contributed by atoms with Crippen LogP contribution >= 0.6 is 0 Å². The van der Waals surface area contributed by atoms with E-state index in [1.807, 2.05) is 13.8 Å². The molecule has 1 fully saturated rings. The number of hydrogen-bond acceptors (Lipinski definition) is 7. The van der Waals surface area contributed by atoms with E-state index in [1.165, 1.54) is 16.4 Å². The SMILES string of the molecule is CC1CN(S(=O)(=O)CCNc2ccc3cc([N+](=O)[O-])ccc3n2)CC(C)O1. The molecular weight excluding hydrogens is 372 g/mol. The third-order valence-corrected chi connectivity index (χ3v) is 6.13. The summed E-state index contributed by atoms with van der Waals surface area (Å²) in [7, 11) is -3.39. The second-order valence-corrected chi connectivity index (χ2v) is 8.74. The van der Waals surface area contributed by atoms with Crippen LogP contribution in [0.3, 0.4) is 0 Å². The normalized spacial score (nSPS) is 21.3. The molecule has 10 heteroatoms. The number of rotatable bonds is 6. The summed E-state index contributed by atoms with van der Waals surface area (Å²) < 4.78 is 32.1.